The Kier molecular flexibility index (Phi) is 5.66. The van der Waals surface area contributed by atoms with Crippen LogP contribution in [0, 0.1) is 0 Å². The fourth-order valence-electron chi connectivity index (χ4n) is 2.53. The predicted molar refractivity (Wildman–Crippen MR) is 85.4 cm³/mol. The Hall–Kier alpha value is -1.75. The second-order valence-corrected chi connectivity index (χ2v) is 6.05. The third kappa shape index (κ3) is 3.91. The highest BCUT2D eigenvalue weighted by Crippen LogP contribution is 2.21. The summed E-state index contributed by atoms with van der Waals surface area (Å²) in [6.07, 6.45) is 1.46. The van der Waals surface area contributed by atoms with Crippen molar-refractivity contribution in [3.8, 4) is 5.75 Å². The van der Waals surface area contributed by atoms with Gasteiger partial charge in [-0.05, 0) is 31.9 Å². The number of nitrogens with one attached hydrogen (secondary N) is 1. The zero-order chi connectivity index (χ0) is 16.1. The van der Waals surface area contributed by atoms with E-state index in [1.54, 1.807) is 31.1 Å². The fraction of sp³-hybridized carbons (Fsp3) is 0.500. The van der Waals surface area contributed by atoms with Gasteiger partial charge in [0.05, 0.1) is 12.7 Å². The van der Waals surface area contributed by atoms with Gasteiger partial charge in [0.15, 0.2) is 0 Å². The van der Waals surface area contributed by atoms with Gasteiger partial charge in [-0.25, -0.2) is 0 Å². The van der Waals surface area contributed by atoms with Crippen molar-refractivity contribution in [1.29, 1.82) is 0 Å². The van der Waals surface area contributed by atoms with Gasteiger partial charge in [-0.3, -0.25) is 9.59 Å². The fourth-order valence-corrected chi connectivity index (χ4v) is 2.60. The average molecular weight is 325 g/mol. The molecule has 0 radical (unpaired) electrons. The first-order valence-electron chi connectivity index (χ1n) is 7.39. The maximum absolute atomic E-state index is 12.6. The zero-order valence-corrected chi connectivity index (χ0v) is 13.6. The Morgan fingerprint density at radius 3 is 2.55 bits per heavy atom. The number of halogens is 1. The smallest absolute Gasteiger partial charge is 0.257 e. The summed E-state index contributed by atoms with van der Waals surface area (Å²) < 4.78 is 5.24. The molecule has 120 valence electrons. The molecule has 1 aliphatic heterocycles. The minimum Gasteiger partial charge on any atom is -0.496 e. The first kappa shape index (κ1) is 16.6. The van der Waals surface area contributed by atoms with Crippen LogP contribution in [-0.2, 0) is 4.79 Å². The molecule has 1 aromatic carbocycles. The molecule has 1 aromatic rings. The van der Waals surface area contributed by atoms with E-state index in [1.807, 2.05) is 12.1 Å². The van der Waals surface area contributed by atoms with Crippen molar-refractivity contribution in [3.63, 3.8) is 0 Å². The number of benzene rings is 1. The summed E-state index contributed by atoms with van der Waals surface area (Å²) in [6.45, 7) is 2.87. The lowest BCUT2D eigenvalue weighted by molar-refractivity contribution is -0.121. The van der Waals surface area contributed by atoms with Crippen molar-refractivity contribution in [2.24, 2.45) is 0 Å². The third-order valence-electron chi connectivity index (χ3n) is 3.83. The number of hydrogen-bond donors (Lipinski definition) is 1. The van der Waals surface area contributed by atoms with Gasteiger partial charge in [-0.1, -0.05) is 12.1 Å². The van der Waals surface area contributed by atoms with Crippen LogP contribution in [0.15, 0.2) is 24.3 Å². The molecular weight excluding hydrogens is 304 g/mol. The lowest BCUT2D eigenvalue weighted by Gasteiger charge is -2.32. The number of hydrogen-bond acceptors (Lipinski definition) is 3. The van der Waals surface area contributed by atoms with Crippen LogP contribution in [-0.4, -0.2) is 48.3 Å². The van der Waals surface area contributed by atoms with Gasteiger partial charge in [0.2, 0.25) is 5.91 Å². The van der Waals surface area contributed by atoms with Gasteiger partial charge in [0, 0.05) is 19.1 Å². The normalized spacial score (nSPS) is 17.0. The van der Waals surface area contributed by atoms with Crippen LogP contribution in [0.1, 0.15) is 30.1 Å². The van der Waals surface area contributed by atoms with Gasteiger partial charge in [0.25, 0.3) is 5.91 Å². The Morgan fingerprint density at radius 1 is 1.32 bits per heavy atom. The SMILES string of the molecule is COc1ccccc1C(=O)N1CCC(NC(=O)C(C)Cl)CC1. The average Bonchev–Trinajstić information content (AvgIpc) is 2.54. The monoisotopic (exact) mass is 324 g/mol. The van der Waals surface area contributed by atoms with E-state index in [-0.39, 0.29) is 17.9 Å². The van der Waals surface area contributed by atoms with Crippen molar-refractivity contribution < 1.29 is 14.3 Å². The second kappa shape index (κ2) is 7.49. The summed E-state index contributed by atoms with van der Waals surface area (Å²) in [5, 5.41) is 2.37. The van der Waals surface area contributed by atoms with Crippen LogP contribution in [0.25, 0.3) is 0 Å². The molecule has 0 aromatic heterocycles. The first-order valence-corrected chi connectivity index (χ1v) is 7.83. The maximum Gasteiger partial charge on any atom is 0.257 e. The van der Waals surface area contributed by atoms with Crippen LogP contribution in [0.2, 0.25) is 0 Å². The van der Waals surface area contributed by atoms with E-state index in [4.69, 9.17) is 16.3 Å². The molecule has 0 spiro atoms. The number of rotatable bonds is 4. The first-order chi connectivity index (χ1) is 10.5. The standard InChI is InChI=1S/C16H21ClN2O3/c1-11(17)15(20)18-12-7-9-19(10-8-12)16(21)13-5-3-4-6-14(13)22-2/h3-6,11-12H,7-10H2,1-2H3,(H,18,20). The van der Waals surface area contributed by atoms with E-state index in [0.29, 0.717) is 24.4 Å². The molecule has 2 amide bonds. The summed E-state index contributed by atoms with van der Waals surface area (Å²) in [5.74, 6) is 0.392. The highest BCUT2D eigenvalue weighted by molar-refractivity contribution is 6.30. The van der Waals surface area contributed by atoms with Crippen LogP contribution in [0.3, 0.4) is 0 Å². The molecule has 1 atom stereocenters. The Labute approximate surface area is 135 Å². The van der Waals surface area contributed by atoms with Crippen LogP contribution >= 0.6 is 11.6 Å². The van der Waals surface area contributed by atoms with Crippen molar-refractivity contribution in [3.05, 3.63) is 29.8 Å². The molecule has 1 N–H and O–H groups in total. The topological polar surface area (TPSA) is 58.6 Å². The number of likely N-dealkylation sites (tertiary alicyclic amines) is 1. The Bertz CT molecular complexity index is 540. The largest absolute Gasteiger partial charge is 0.496 e. The van der Waals surface area contributed by atoms with Crippen molar-refractivity contribution >= 4 is 23.4 Å². The second-order valence-electron chi connectivity index (χ2n) is 5.39. The highest BCUT2D eigenvalue weighted by Gasteiger charge is 2.26. The number of amides is 2. The lowest BCUT2D eigenvalue weighted by Crippen LogP contribution is -2.47. The highest BCUT2D eigenvalue weighted by atomic mass is 35.5. The van der Waals surface area contributed by atoms with E-state index in [9.17, 15) is 9.59 Å². The molecule has 1 saturated heterocycles. The molecule has 1 heterocycles. The van der Waals surface area contributed by atoms with Crippen molar-refractivity contribution in [1.82, 2.24) is 10.2 Å². The van der Waals surface area contributed by atoms with Crippen LogP contribution < -0.4 is 10.1 Å². The maximum atomic E-state index is 12.6. The number of para-hydroxylation sites is 1. The van der Waals surface area contributed by atoms with Crippen molar-refractivity contribution in [2.45, 2.75) is 31.2 Å². The number of piperidine rings is 1. The molecular formula is C16H21ClN2O3. The zero-order valence-electron chi connectivity index (χ0n) is 12.8. The molecule has 2 rings (SSSR count). The molecule has 6 heteroatoms. The summed E-state index contributed by atoms with van der Waals surface area (Å²) in [7, 11) is 1.56. The molecule has 22 heavy (non-hydrogen) atoms. The number of methoxy groups -OCH3 is 1. The van der Waals surface area contributed by atoms with Gasteiger partial charge in [0.1, 0.15) is 11.1 Å². The lowest BCUT2D eigenvalue weighted by atomic mass is 10.0. The third-order valence-corrected chi connectivity index (χ3v) is 4.03. The van der Waals surface area contributed by atoms with E-state index in [2.05, 4.69) is 5.32 Å². The predicted octanol–water partition coefficient (Wildman–Crippen LogP) is 2.04. The summed E-state index contributed by atoms with van der Waals surface area (Å²) in [6, 6.07) is 7.29. The number of alkyl halides is 1. The summed E-state index contributed by atoms with van der Waals surface area (Å²) in [4.78, 5) is 25.9. The van der Waals surface area contributed by atoms with E-state index < -0.39 is 5.38 Å². The Balaban J connectivity index is 1.94. The number of carbonyl (C=O) groups is 2. The van der Waals surface area contributed by atoms with E-state index in [0.717, 1.165) is 12.8 Å². The van der Waals surface area contributed by atoms with Gasteiger partial charge in [-0.2, -0.15) is 0 Å². The minimum atomic E-state index is -0.534. The van der Waals surface area contributed by atoms with E-state index >= 15 is 0 Å². The molecule has 1 fully saturated rings. The molecule has 0 bridgehead atoms. The molecule has 1 aliphatic rings. The summed E-state index contributed by atoms with van der Waals surface area (Å²) >= 11 is 5.75. The minimum absolute atomic E-state index is 0.0343. The van der Waals surface area contributed by atoms with Gasteiger partial charge < -0.3 is 15.0 Å². The van der Waals surface area contributed by atoms with Gasteiger partial charge >= 0.3 is 0 Å². The van der Waals surface area contributed by atoms with Crippen LogP contribution in [0.4, 0.5) is 0 Å². The van der Waals surface area contributed by atoms with E-state index in [1.165, 1.54) is 0 Å². The molecule has 5 nitrogen and oxygen atoms in total. The quantitative estimate of drug-likeness (QED) is 0.862. The molecule has 0 aliphatic carbocycles. The van der Waals surface area contributed by atoms with Crippen molar-refractivity contribution in [2.75, 3.05) is 20.2 Å². The van der Waals surface area contributed by atoms with Gasteiger partial charge in [-0.15, -0.1) is 11.6 Å². The number of ether oxygens (including phenoxy) is 1. The molecule has 0 saturated carbocycles. The van der Waals surface area contributed by atoms with Crippen LogP contribution in [0.5, 0.6) is 5.75 Å². The Morgan fingerprint density at radius 2 is 1.95 bits per heavy atom. The summed E-state index contributed by atoms with van der Waals surface area (Å²) in [5.41, 5.74) is 0.571. The number of nitrogens with zero attached hydrogens (tertiary/aromatic N) is 1. The molecule has 1 unspecified atom stereocenters. The number of carbonyl (C=O) groups excluding carboxylic acids is 2.